The van der Waals surface area contributed by atoms with E-state index in [9.17, 15) is 13.5 Å². The fraction of sp³-hybridized carbons (Fsp3) is 0.455. The van der Waals surface area contributed by atoms with E-state index in [0.717, 1.165) is 12.1 Å². The summed E-state index contributed by atoms with van der Waals surface area (Å²) in [5.41, 5.74) is 0.819. The number of benzene rings is 1. The lowest BCUT2D eigenvalue weighted by Gasteiger charge is -2.09. The third-order valence-electron chi connectivity index (χ3n) is 2.30. The van der Waals surface area contributed by atoms with Gasteiger partial charge in [0, 0.05) is 6.04 Å². The molecule has 0 unspecified atom stereocenters. The summed E-state index contributed by atoms with van der Waals surface area (Å²) >= 11 is 0. The monoisotopic (exact) mass is 258 g/mol. The summed E-state index contributed by atoms with van der Waals surface area (Å²) in [5, 5.41) is 17.6. The highest BCUT2D eigenvalue weighted by Crippen LogP contribution is 2.22. The molecule has 96 valence electrons. The molecular formula is C11H18N2O3S. The highest BCUT2D eigenvalue weighted by molar-refractivity contribution is 7.89. The van der Waals surface area contributed by atoms with Crippen molar-refractivity contribution in [2.45, 2.75) is 31.2 Å². The normalized spacial score (nSPS) is 12.0. The van der Waals surface area contributed by atoms with E-state index >= 15 is 0 Å². The Hall–Kier alpha value is -1.11. The van der Waals surface area contributed by atoms with Crippen LogP contribution < -0.4 is 10.5 Å². The van der Waals surface area contributed by atoms with Crippen LogP contribution in [0.4, 0.5) is 0 Å². The Morgan fingerprint density at radius 2 is 2.06 bits per heavy atom. The molecule has 0 atom stereocenters. The molecule has 0 saturated heterocycles. The van der Waals surface area contributed by atoms with Gasteiger partial charge in [-0.25, -0.2) is 13.6 Å². The molecule has 0 fully saturated rings. The molecule has 1 rings (SSSR count). The van der Waals surface area contributed by atoms with Crippen molar-refractivity contribution in [3.05, 3.63) is 23.8 Å². The van der Waals surface area contributed by atoms with Gasteiger partial charge in [-0.1, -0.05) is 19.9 Å². The molecule has 0 aliphatic heterocycles. The molecular weight excluding hydrogens is 240 g/mol. The SMILES string of the molecule is CC(C)NCCc1ccc(O)c(S(N)(=O)=O)c1. The van der Waals surface area contributed by atoms with E-state index in [4.69, 9.17) is 5.14 Å². The number of hydrogen-bond acceptors (Lipinski definition) is 4. The standard InChI is InChI=1S/C11H18N2O3S/c1-8(2)13-6-5-9-3-4-10(14)11(7-9)17(12,15)16/h3-4,7-8,13-14H,5-6H2,1-2H3,(H2,12,15,16). The fourth-order valence-corrected chi connectivity index (χ4v) is 2.12. The zero-order chi connectivity index (χ0) is 13.1. The van der Waals surface area contributed by atoms with Gasteiger partial charge in [0.2, 0.25) is 10.0 Å². The lowest BCUT2D eigenvalue weighted by molar-refractivity contribution is 0.458. The van der Waals surface area contributed by atoms with Crippen LogP contribution in [0, 0.1) is 0 Å². The van der Waals surface area contributed by atoms with Crippen LogP contribution in [0.25, 0.3) is 0 Å². The molecule has 0 spiro atoms. The first-order chi connectivity index (χ1) is 7.80. The summed E-state index contributed by atoms with van der Waals surface area (Å²) in [4.78, 5) is -0.223. The van der Waals surface area contributed by atoms with Gasteiger partial charge < -0.3 is 10.4 Å². The third-order valence-corrected chi connectivity index (χ3v) is 3.24. The molecule has 0 aromatic heterocycles. The highest BCUT2D eigenvalue weighted by Gasteiger charge is 2.14. The smallest absolute Gasteiger partial charge is 0.241 e. The number of hydrogen-bond donors (Lipinski definition) is 3. The zero-order valence-corrected chi connectivity index (χ0v) is 10.8. The molecule has 0 bridgehead atoms. The van der Waals surface area contributed by atoms with Crippen molar-refractivity contribution in [3.63, 3.8) is 0 Å². The predicted molar refractivity (Wildman–Crippen MR) is 66.3 cm³/mol. The molecule has 0 amide bonds. The van der Waals surface area contributed by atoms with Gasteiger partial charge in [-0.3, -0.25) is 0 Å². The predicted octanol–water partition coefficient (Wildman–Crippen LogP) is 0.580. The Bertz CT molecular complexity index is 483. The van der Waals surface area contributed by atoms with E-state index in [1.165, 1.54) is 12.1 Å². The van der Waals surface area contributed by atoms with Gasteiger partial charge in [-0.2, -0.15) is 0 Å². The van der Waals surface area contributed by atoms with Crippen LogP contribution in [-0.2, 0) is 16.4 Å². The van der Waals surface area contributed by atoms with Gasteiger partial charge in [0.05, 0.1) is 0 Å². The Kier molecular flexibility index (Phi) is 4.50. The number of phenolic OH excluding ortho intramolecular Hbond substituents is 1. The average molecular weight is 258 g/mol. The Morgan fingerprint density at radius 1 is 1.41 bits per heavy atom. The maximum Gasteiger partial charge on any atom is 0.241 e. The second-order valence-corrected chi connectivity index (χ2v) is 5.74. The zero-order valence-electron chi connectivity index (χ0n) is 9.97. The summed E-state index contributed by atoms with van der Waals surface area (Å²) in [6, 6.07) is 4.83. The van der Waals surface area contributed by atoms with Gasteiger partial charge in [0.1, 0.15) is 10.6 Å². The van der Waals surface area contributed by atoms with E-state index in [2.05, 4.69) is 5.32 Å². The van der Waals surface area contributed by atoms with Crippen molar-refractivity contribution < 1.29 is 13.5 Å². The molecule has 0 saturated carbocycles. The summed E-state index contributed by atoms with van der Waals surface area (Å²) in [6.07, 6.45) is 0.682. The van der Waals surface area contributed by atoms with Gasteiger partial charge in [0.15, 0.2) is 0 Å². The van der Waals surface area contributed by atoms with Gasteiger partial charge in [0.25, 0.3) is 0 Å². The first kappa shape index (κ1) is 14.0. The molecule has 4 N–H and O–H groups in total. The van der Waals surface area contributed by atoms with Crippen LogP contribution in [-0.4, -0.2) is 26.1 Å². The summed E-state index contributed by atoms with van der Waals surface area (Å²) < 4.78 is 22.4. The van der Waals surface area contributed by atoms with Crippen molar-refractivity contribution >= 4 is 10.0 Å². The topological polar surface area (TPSA) is 92.4 Å². The van der Waals surface area contributed by atoms with Crippen molar-refractivity contribution in [2.75, 3.05) is 6.54 Å². The van der Waals surface area contributed by atoms with Crippen LogP contribution in [0.15, 0.2) is 23.1 Å². The molecule has 17 heavy (non-hydrogen) atoms. The average Bonchev–Trinajstić information content (AvgIpc) is 2.18. The number of primary sulfonamides is 1. The minimum atomic E-state index is -3.87. The maximum absolute atomic E-state index is 11.2. The van der Waals surface area contributed by atoms with E-state index < -0.39 is 10.0 Å². The minimum Gasteiger partial charge on any atom is -0.507 e. The Labute approximate surface area is 102 Å². The van der Waals surface area contributed by atoms with E-state index in [1.807, 2.05) is 13.8 Å². The largest absolute Gasteiger partial charge is 0.507 e. The maximum atomic E-state index is 11.2. The first-order valence-corrected chi connectivity index (χ1v) is 6.93. The van der Waals surface area contributed by atoms with Crippen molar-refractivity contribution in [1.82, 2.24) is 5.32 Å². The highest BCUT2D eigenvalue weighted by atomic mass is 32.2. The van der Waals surface area contributed by atoms with Crippen LogP contribution in [0.2, 0.25) is 0 Å². The van der Waals surface area contributed by atoms with Crippen molar-refractivity contribution in [2.24, 2.45) is 5.14 Å². The molecule has 0 heterocycles. The number of rotatable bonds is 5. The second kappa shape index (κ2) is 5.48. The Balaban J connectivity index is 2.83. The van der Waals surface area contributed by atoms with Gasteiger partial charge >= 0.3 is 0 Å². The van der Waals surface area contributed by atoms with Crippen LogP contribution in [0.5, 0.6) is 5.75 Å². The lowest BCUT2D eigenvalue weighted by Crippen LogP contribution is -2.25. The molecule has 0 aliphatic carbocycles. The summed E-state index contributed by atoms with van der Waals surface area (Å²) in [5.74, 6) is -0.312. The van der Waals surface area contributed by atoms with Crippen molar-refractivity contribution in [1.29, 1.82) is 0 Å². The molecule has 1 aromatic carbocycles. The van der Waals surface area contributed by atoms with Gasteiger partial charge in [-0.05, 0) is 30.7 Å². The first-order valence-electron chi connectivity index (χ1n) is 5.39. The van der Waals surface area contributed by atoms with Crippen LogP contribution in [0.3, 0.4) is 0 Å². The number of phenols is 1. The quantitative estimate of drug-likeness (QED) is 0.720. The fourth-order valence-electron chi connectivity index (χ4n) is 1.45. The van der Waals surface area contributed by atoms with E-state index in [0.29, 0.717) is 12.5 Å². The lowest BCUT2D eigenvalue weighted by atomic mass is 10.1. The number of aromatic hydroxyl groups is 1. The minimum absolute atomic E-state index is 0.223. The number of nitrogens with two attached hydrogens (primary N) is 1. The molecule has 0 radical (unpaired) electrons. The molecule has 5 nitrogen and oxygen atoms in total. The Morgan fingerprint density at radius 3 is 2.59 bits per heavy atom. The number of sulfonamides is 1. The summed E-state index contributed by atoms with van der Waals surface area (Å²) in [7, 11) is -3.87. The van der Waals surface area contributed by atoms with Crippen LogP contribution in [0.1, 0.15) is 19.4 Å². The van der Waals surface area contributed by atoms with Crippen molar-refractivity contribution in [3.8, 4) is 5.75 Å². The summed E-state index contributed by atoms with van der Waals surface area (Å²) in [6.45, 7) is 4.81. The molecule has 0 aliphatic rings. The second-order valence-electron chi connectivity index (χ2n) is 4.21. The van der Waals surface area contributed by atoms with Gasteiger partial charge in [-0.15, -0.1) is 0 Å². The number of nitrogens with one attached hydrogen (secondary N) is 1. The molecule has 6 heteroatoms. The molecule has 1 aromatic rings. The van der Waals surface area contributed by atoms with Crippen LogP contribution >= 0.6 is 0 Å². The third kappa shape index (κ3) is 4.33. The van der Waals surface area contributed by atoms with E-state index in [1.54, 1.807) is 6.07 Å². The van der Waals surface area contributed by atoms with E-state index in [-0.39, 0.29) is 10.6 Å².